The number of aryl methyl sites for hydroxylation is 2. The summed E-state index contributed by atoms with van der Waals surface area (Å²) >= 11 is 0. The molecule has 152 valence electrons. The number of rotatable bonds is 2. The SMILES string of the molecule is Cc1ccc(C)c(C(=O)N2CCC3(CC2)N(c2ccccc2)C(=O)CS3(=O)=O)c1. The van der Waals surface area contributed by atoms with Crippen molar-refractivity contribution in [3.8, 4) is 0 Å². The van der Waals surface area contributed by atoms with Gasteiger partial charge in [0.1, 0.15) is 5.75 Å². The van der Waals surface area contributed by atoms with Crippen LogP contribution in [-0.2, 0) is 14.6 Å². The molecule has 0 N–H and O–H groups in total. The number of amides is 2. The molecule has 0 unspecified atom stereocenters. The molecule has 7 heteroatoms. The summed E-state index contributed by atoms with van der Waals surface area (Å²) in [6, 6.07) is 14.7. The number of sulfone groups is 1. The summed E-state index contributed by atoms with van der Waals surface area (Å²) < 4.78 is 26.0. The topological polar surface area (TPSA) is 74.8 Å². The lowest BCUT2D eigenvalue weighted by molar-refractivity contribution is -0.116. The highest BCUT2D eigenvalue weighted by Crippen LogP contribution is 2.42. The van der Waals surface area contributed by atoms with E-state index in [0.717, 1.165) is 11.1 Å². The summed E-state index contributed by atoms with van der Waals surface area (Å²) in [5.41, 5.74) is 3.14. The number of likely N-dealkylation sites (tertiary alicyclic amines) is 1. The maximum absolute atomic E-state index is 13.0. The van der Waals surface area contributed by atoms with E-state index in [9.17, 15) is 18.0 Å². The first-order chi connectivity index (χ1) is 13.7. The van der Waals surface area contributed by atoms with Crippen LogP contribution in [0.2, 0.25) is 0 Å². The van der Waals surface area contributed by atoms with Gasteiger partial charge in [0.2, 0.25) is 5.91 Å². The molecule has 4 rings (SSSR count). The molecule has 0 bridgehead atoms. The molecule has 2 aliphatic heterocycles. The monoisotopic (exact) mass is 412 g/mol. The predicted octanol–water partition coefficient (Wildman–Crippen LogP) is 2.70. The van der Waals surface area contributed by atoms with Gasteiger partial charge < -0.3 is 4.90 Å². The number of hydrogen-bond acceptors (Lipinski definition) is 4. The van der Waals surface area contributed by atoms with E-state index in [1.54, 1.807) is 29.2 Å². The Morgan fingerprint density at radius 2 is 1.66 bits per heavy atom. The first kappa shape index (κ1) is 19.6. The van der Waals surface area contributed by atoms with Gasteiger partial charge in [-0.15, -0.1) is 0 Å². The number of para-hydroxylation sites is 1. The van der Waals surface area contributed by atoms with Crippen LogP contribution in [0, 0.1) is 13.8 Å². The molecule has 1 spiro atoms. The van der Waals surface area contributed by atoms with E-state index < -0.39 is 26.4 Å². The third-order valence-corrected chi connectivity index (χ3v) is 8.39. The number of piperidine rings is 1. The second kappa shape index (κ2) is 6.99. The lowest BCUT2D eigenvalue weighted by Crippen LogP contribution is -2.57. The van der Waals surface area contributed by atoms with Crippen molar-refractivity contribution in [1.29, 1.82) is 0 Å². The standard InChI is InChI=1S/C22H24N2O4S/c1-16-8-9-17(2)19(14-16)21(26)23-12-10-22(11-13-23)24(18-6-4-3-5-7-18)20(25)15-29(22,27)28/h3-9,14H,10-13,15H2,1-2H3. The van der Waals surface area contributed by atoms with Crippen LogP contribution >= 0.6 is 0 Å². The fraction of sp³-hybridized carbons (Fsp3) is 0.364. The average molecular weight is 413 g/mol. The summed E-state index contributed by atoms with van der Waals surface area (Å²) in [6.45, 7) is 4.43. The molecule has 2 aromatic rings. The van der Waals surface area contributed by atoms with Crippen LogP contribution < -0.4 is 4.90 Å². The fourth-order valence-corrected chi connectivity index (χ4v) is 6.43. The minimum absolute atomic E-state index is 0.0889. The molecule has 2 aromatic carbocycles. The maximum Gasteiger partial charge on any atom is 0.254 e. The number of carbonyl (C=O) groups is 2. The average Bonchev–Trinajstić information content (AvgIpc) is 2.89. The van der Waals surface area contributed by atoms with E-state index >= 15 is 0 Å². The van der Waals surface area contributed by atoms with Crippen molar-refractivity contribution < 1.29 is 18.0 Å². The van der Waals surface area contributed by atoms with Gasteiger partial charge in [-0.1, -0.05) is 35.9 Å². The molecule has 0 aliphatic carbocycles. The van der Waals surface area contributed by atoms with Crippen molar-refractivity contribution in [2.24, 2.45) is 0 Å². The van der Waals surface area contributed by atoms with E-state index in [1.165, 1.54) is 4.90 Å². The Morgan fingerprint density at radius 3 is 2.31 bits per heavy atom. The summed E-state index contributed by atoms with van der Waals surface area (Å²) in [4.78, 5) is 27.6. The van der Waals surface area contributed by atoms with Crippen molar-refractivity contribution in [1.82, 2.24) is 4.90 Å². The minimum Gasteiger partial charge on any atom is -0.338 e. The summed E-state index contributed by atoms with van der Waals surface area (Å²) in [7, 11) is -3.65. The third kappa shape index (κ3) is 3.13. The Bertz CT molecular complexity index is 1070. The van der Waals surface area contributed by atoms with Gasteiger partial charge in [-0.3, -0.25) is 14.5 Å². The number of hydrogen-bond donors (Lipinski definition) is 0. The zero-order chi connectivity index (χ0) is 20.8. The Hall–Kier alpha value is -2.67. The molecule has 0 radical (unpaired) electrons. The van der Waals surface area contributed by atoms with Crippen LogP contribution in [-0.4, -0.2) is 48.8 Å². The van der Waals surface area contributed by atoms with Gasteiger partial charge in [0.05, 0.1) is 0 Å². The zero-order valence-electron chi connectivity index (χ0n) is 16.6. The number of nitrogens with zero attached hydrogens (tertiary/aromatic N) is 2. The molecule has 29 heavy (non-hydrogen) atoms. The molecular weight excluding hydrogens is 388 g/mol. The van der Waals surface area contributed by atoms with Crippen LogP contribution in [0.4, 0.5) is 5.69 Å². The molecule has 0 aromatic heterocycles. The van der Waals surface area contributed by atoms with Crippen LogP contribution in [0.15, 0.2) is 48.5 Å². The van der Waals surface area contributed by atoms with Gasteiger partial charge >= 0.3 is 0 Å². The van der Waals surface area contributed by atoms with Gasteiger partial charge in [-0.05, 0) is 37.6 Å². The predicted molar refractivity (Wildman–Crippen MR) is 111 cm³/mol. The van der Waals surface area contributed by atoms with Gasteiger partial charge in [0.25, 0.3) is 5.91 Å². The molecule has 0 saturated carbocycles. The molecule has 0 atom stereocenters. The fourth-order valence-electron chi connectivity index (χ4n) is 4.41. The zero-order valence-corrected chi connectivity index (χ0v) is 17.4. The molecular formula is C22H24N2O4S. The Labute approximate surface area is 171 Å². The smallest absolute Gasteiger partial charge is 0.254 e. The van der Waals surface area contributed by atoms with Crippen molar-refractivity contribution in [3.63, 3.8) is 0 Å². The lowest BCUT2D eigenvalue weighted by atomic mass is 9.99. The lowest BCUT2D eigenvalue weighted by Gasteiger charge is -2.43. The number of anilines is 1. The highest BCUT2D eigenvalue weighted by Gasteiger charge is 2.59. The van der Waals surface area contributed by atoms with Crippen molar-refractivity contribution >= 4 is 27.3 Å². The summed E-state index contributed by atoms with van der Waals surface area (Å²) in [6.07, 6.45) is 0.430. The quantitative estimate of drug-likeness (QED) is 0.760. The molecule has 2 saturated heterocycles. The van der Waals surface area contributed by atoms with Crippen LogP contribution in [0.25, 0.3) is 0 Å². The van der Waals surface area contributed by atoms with Crippen LogP contribution in [0.3, 0.4) is 0 Å². The molecule has 2 fully saturated rings. The van der Waals surface area contributed by atoms with E-state index in [0.29, 0.717) is 24.3 Å². The minimum atomic E-state index is -3.65. The van der Waals surface area contributed by atoms with E-state index in [1.807, 2.05) is 38.1 Å². The van der Waals surface area contributed by atoms with Gasteiger partial charge in [0, 0.05) is 37.2 Å². The molecule has 2 heterocycles. The van der Waals surface area contributed by atoms with Crippen molar-refractivity contribution in [2.45, 2.75) is 31.6 Å². The molecule has 2 aliphatic rings. The second-order valence-electron chi connectivity index (χ2n) is 7.88. The number of benzene rings is 2. The first-order valence-electron chi connectivity index (χ1n) is 9.72. The van der Waals surface area contributed by atoms with Crippen molar-refractivity contribution in [2.75, 3.05) is 23.7 Å². The van der Waals surface area contributed by atoms with Gasteiger partial charge in [-0.2, -0.15) is 0 Å². The van der Waals surface area contributed by atoms with Crippen LogP contribution in [0.1, 0.15) is 34.3 Å². The Balaban J connectivity index is 1.63. The third-order valence-electron chi connectivity index (χ3n) is 6.02. The highest BCUT2D eigenvalue weighted by molar-refractivity contribution is 7.94. The highest BCUT2D eigenvalue weighted by atomic mass is 32.2. The Kier molecular flexibility index (Phi) is 4.73. The van der Waals surface area contributed by atoms with Gasteiger partial charge in [-0.25, -0.2) is 8.42 Å². The van der Waals surface area contributed by atoms with E-state index in [4.69, 9.17) is 0 Å². The molecule has 2 amide bonds. The largest absolute Gasteiger partial charge is 0.338 e. The summed E-state index contributed by atoms with van der Waals surface area (Å²) in [5.74, 6) is -0.966. The number of carbonyl (C=O) groups excluding carboxylic acids is 2. The van der Waals surface area contributed by atoms with E-state index in [2.05, 4.69) is 0 Å². The first-order valence-corrected chi connectivity index (χ1v) is 11.4. The maximum atomic E-state index is 13.0. The normalized spacial score (nSPS) is 20.3. The summed E-state index contributed by atoms with van der Waals surface area (Å²) in [5, 5.41) is 0. The molecule has 6 nitrogen and oxygen atoms in total. The van der Waals surface area contributed by atoms with E-state index in [-0.39, 0.29) is 18.7 Å². The Morgan fingerprint density at radius 1 is 1.00 bits per heavy atom. The van der Waals surface area contributed by atoms with Gasteiger partial charge in [0.15, 0.2) is 14.7 Å². The second-order valence-corrected chi connectivity index (χ2v) is 10.2. The van der Waals surface area contributed by atoms with Crippen molar-refractivity contribution in [3.05, 3.63) is 65.2 Å². The van der Waals surface area contributed by atoms with Crippen LogP contribution in [0.5, 0.6) is 0 Å².